The molecule has 2 heterocycles. The maximum atomic E-state index is 5.77. The molecule has 0 fully saturated rings. The van der Waals surface area contributed by atoms with Crippen LogP contribution in [0.3, 0.4) is 0 Å². The fourth-order valence-corrected chi connectivity index (χ4v) is 2.63. The first kappa shape index (κ1) is 14.8. The molecular weight excluding hydrogens is 252 g/mol. The number of methoxy groups -OCH3 is 1. The molecule has 20 heavy (non-hydrogen) atoms. The van der Waals surface area contributed by atoms with Crippen molar-refractivity contribution < 1.29 is 4.74 Å². The molecule has 2 N–H and O–H groups in total. The summed E-state index contributed by atoms with van der Waals surface area (Å²) < 4.78 is 7.41. The van der Waals surface area contributed by atoms with Gasteiger partial charge in [-0.1, -0.05) is 6.07 Å². The zero-order valence-electron chi connectivity index (χ0n) is 12.5. The largest absolute Gasteiger partial charge is 0.383 e. The van der Waals surface area contributed by atoms with Crippen molar-refractivity contribution in [3.63, 3.8) is 0 Å². The third kappa shape index (κ3) is 2.78. The van der Waals surface area contributed by atoms with Crippen molar-refractivity contribution in [3.05, 3.63) is 30.1 Å². The van der Waals surface area contributed by atoms with Crippen LogP contribution in [0.15, 0.2) is 24.4 Å². The number of rotatable bonds is 7. The van der Waals surface area contributed by atoms with Gasteiger partial charge in [-0.2, -0.15) is 0 Å². The van der Waals surface area contributed by atoms with Crippen LogP contribution in [-0.4, -0.2) is 42.2 Å². The van der Waals surface area contributed by atoms with E-state index in [0.717, 1.165) is 24.4 Å². The van der Waals surface area contributed by atoms with Crippen LogP contribution in [0, 0.1) is 0 Å². The van der Waals surface area contributed by atoms with Crippen LogP contribution in [0.5, 0.6) is 0 Å². The smallest absolute Gasteiger partial charge is 0.151 e. The molecule has 0 amide bonds. The van der Waals surface area contributed by atoms with Crippen LogP contribution in [0.25, 0.3) is 5.65 Å². The van der Waals surface area contributed by atoms with Gasteiger partial charge in [-0.25, -0.2) is 4.98 Å². The summed E-state index contributed by atoms with van der Waals surface area (Å²) in [6, 6.07) is 6.34. The normalized spacial score (nSPS) is 12.8. The molecule has 0 aliphatic heterocycles. The molecule has 2 aromatic heterocycles. The number of nitrogens with zero attached hydrogens (tertiary/aromatic N) is 3. The predicted molar refractivity (Wildman–Crippen MR) is 82.3 cm³/mol. The number of imidazole rings is 1. The maximum Gasteiger partial charge on any atom is 0.151 e. The lowest BCUT2D eigenvalue weighted by Gasteiger charge is -2.28. The number of fused-ring (bicyclic) bond motifs is 1. The summed E-state index contributed by atoms with van der Waals surface area (Å²) in [4.78, 5) is 7.06. The van der Waals surface area contributed by atoms with Gasteiger partial charge in [0.25, 0.3) is 0 Å². The fourth-order valence-electron chi connectivity index (χ4n) is 2.63. The Morgan fingerprint density at radius 2 is 2.25 bits per heavy atom. The topological polar surface area (TPSA) is 55.8 Å². The van der Waals surface area contributed by atoms with E-state index in [0.29, 0.717) is 13.2 Å². The molecule has 0 spiro atoms. The minimum absolute atomic E-state index is 0.284. The zero-order valence-corrected chi connectivity index (χ0v) is 12.5. The second kappa shape index (κ2) is 6.72. The molecular formula is C15H24N4O. The fraction of sp³-hybridized carbons (Fsp3) is 0.533. The Morgan fingerprint density at radius 1 is 1.45 bits per heavy atom. The van der Waals surface area contributed by atoms with Gasteiger partial charge >= 0.3 is 0 Å². The van der Waals surface area contributed by atoms with Gasteiger partial charge in [0.15, 0.2) is 5.82 Å². The lowest BCUT2D eigenvalue weighted by Crippen LogP contribution is -2.37. The van der Waals surface area contributed by atoms with Crippen LogP contribution >= 0.6 is 0 Å². The first-order valence-electron chi connectivity index (χ1n) is 7.14. The number of anilines is 1. The molecule has 2 aromatic rings. The third-order valence-electron chi connectivity index (χ3n) is 3.54. The van der Waals surface area contributed by atoms with Crippen LogP contribution in [0.2, 0.25) is 0 Å². The molecule has 5 heteroatoms. The van der Waals surface area contributed by atoms with Crippen LogP contribution in [-0.2, 0) is 11.2 Å². The highest BCUT2D eigenvalue weighted by Gasteiger charge is 2.20. The molecule has 0 aliphatic carbocycles. The minimum Gasteiger partial charge on any atom is -0.383 e. The second-order valence-electron chi connectivity index (χ2n) is 4.94. The van der Waals surface area contributed by atoms with Crippen LogP contribution in [0.4, 0.5) is 5.82 Å². The summed E-state index contributed by atoms with van der Waals surface area (Å²) in [5.74, 6) is 1.02. The van der Waals surface area contributed by atoms with Gasteiger partial charge < -0.3 is 19.8 Å². The Labute approximate surface area is 120 Å². The van der Waals surface area contributed by atoms with Gasteiger partial charge in [-0.3, -0.25) is 0 Å². The highest BCUT2D eigenvalue weighted by atomic mass is 16.5. The molecule has 110 valence electrons. The number of hydrogen-bond acceptors (Lipinski definition) is 4. The van der Waals surface area contributed by atoms with Crippen molar-refractivity contribution >= 4 is 11.5 Å². The monoisotopic (exact) mass is 276 g/mol. The van der Waals surface area contributed by atoms with E-state index in [2.05, 4.69) is 23.1 Å². The Balaban J connectivity index is 2.47. The van der Waals surface area contributed by atoms with E-state index in [-0.39, 0.29) is 6.04 Å². The number of hydrogen-bond donors (Lipinski definition) is 1. The molecule has 0 bridgehead atoms. The van der Waals surface area contributed by atoms with Gasteiger partial charge in [-0.05, 0) is 32.5 Å². The van der Waals surface area contributed by atoms with Crippen molar-refractivity contribution in [2.24, 2.45) is 5.73 Å². The Hall–Kier alpha value is -1.59. The number of ether oxygens (including phenoxy) is 1. The van der Waals surface area contributed by atoms with E-state index in [1.54, 1.807) is 7.11 Å². The molecule has 0 radical (unpaired) electrons. The summed E-state index contributed by atoms with van der Waals surface area (Å²) in [6.07, 6.45) is 2.86. The van der Waals surface area contributed by atoms with Crippen molar-refractivity contribution in [3.8, 4) is 0 Å². The van der Waals surface area contributed by atoms with Gasteiger partial charge in [-0.15, -0.1) is 0 Å². The van der Waals surface area contributed by atoms with E-state index in [1.165, 1.54) is 5.69 Å². The third-order valence-corrected chi connectivity index (χ3v) is 3.54. The number of nitrogens with two attached hydrogens (primary N) is 1. The number of aromatic nitrogens is 2. The summed E-state index contributed by atoms with van der Waals surface area (Å²) in [5.41, 5.74) is 7.91. The van der Waals surface area contributed by atoms with E-state index < -0.39 is 0 Å². The Morgan fingerprint density at radius 3 is 2.90 bits per heavy atom. The van der Waals surface area contributed by atoms with E-state index in [4.69, 9.17) is 15.5 Å². The van der Waals surface area contributed by atoms with Gasteiger partial charge in [0.05, 0.1) is 18.3 Å². The van der Waals surface area contributed by atoms with Crippen molar-refractivity contribution in [2.45, 2.75) is 26.3 Å². The first-order valence-corrected chi connectivity index (χ1v) is 7.14. The number of likely N-dealkylation sites (N-methyl/N-ethyl adjacent to an activating group) is 1. The molecule has 0 saturated carbocycles. The van der Waals surface area contributed by atoms with Crippen molar-refractivity contribution in [1.29, 1.82) is 0 Å². The lowest BCUT2D eigenvalue weighted by atomic mass is 10.2. The zero-order chi connectivity index (χ0) is 14.5. The molecule has 0 aromatic carbocycles. The molecule has 0 aliphatic rings. The highest BCUT2D eigenvalue weighted by molar-refractivity contribution is 5.56. The van der Waals surface area contributed by atoms with Gasteiger partial charge in [0.2, 0.25) is 0 Å². The molecule has 1 atom stereocenters. The van der Waals surface area contributed by atoms with E-state index >= 15 is 0 Å². The lowest BCUT2D eigenvalue weighted by molar-refractivity contribution is 0.181. The average molecular weight is 276 g/mol. The SMILES string of the molecule is CCN(c1nc2ccccn2c1CCN)C(C)COC. The molecule has 1 unspecified atom stereocenters. The maximum absolute atomic E-state index is 5.77. The van der Waals surface area contributed by atoms with E-state index in [9.17, 15) is 0 Å². The standard InChI is InChI=1S/C15H24N4O/c1-4-18(12(2)11-20-3)15-13(8-9-16)19-10-6-5-7-14(19)17-15/h5-7,10,12H,4,8-9,11,16H2,1-3H3. The van der Waals surface area contributed by atoms with Crippen molar-refractivity contribution in [1.82, 2.24) is 9.38 Å². The van der Waals surface area contributed by atoms with Crippen molar-refractivity contribution in [2.75, 3.05) is 31.7 Å². The quantitative estimate of drug-likeness (QED) is 0.836. The summed E-state index contributed by atoms with van der Waals surface area (Å²) in [5, 5.41) is 0. The highest BCUT2D eigenvalue weighted by Crippen LogP contribution is 2.24. The predicted octanol–water partition coefficient (Wildman–Crippen LogP) is 1.70. The summed E-state index contributed by atoms with van der Waals surface area (Å²) >= 11 is 0. The molecule has 5 nitrogen and oxygen atoms in total. The first-order chi connectivity index (χ1) is 9.72. The van der Waals surface area contributed by atoms with Gasteiger partial charge in [0, 0.05) is 26.3 Å². The molecule has 0 saturated heterocycles. The summed E-state index contributed by atoms with van der Waals surface area (Å²) in [6.45, 7) is 6.49. The Bertz CT molecular complexity index is 552. The average Bonchev–Trinajstić information content (AvgIpc) is 2.80. The van der Waals surface area contributed by atoms with Crippen LogP contribution in [0.1, 0.15) is 19.5 Å². The molecule has 2 rings (SSSR count). The van der Waals surface area contributed by atoms with E-state index in [1.807, 2.05) is 24.4 Å². The summed E-state index contributed by atoms with van der Waals surface area (Å²) in [7, 11) is 1.73. The van der Waals surface area contributed by atoms with Crippen LogP contribution < -0.4 is 10.6 Å². The minimum atomic E-state index is 0.284. The Kier molecular flexibility index (Phi) is 4.98. The number of pyridine rings is 1. The second-order valence-corrected chi connectivity index (χ2v) is 4.94. The van der Waals surface area contributed by atoms with Gasteiger partial charge in [0.1, 0.15) is 5.65 Å².